The van der Waals surface area contributed by atoms with Crippen LogP contribution >= 0.6 is 24.0 Å². The van der Waals surface area contributed by atoms with E-state index < -0.39 is 0 Å². The molecule has 6 nitrogen and oxygen atoms in total. The van der Waals surface area contributed by atoms with Gasteiger partial charge in [0, 0.05) is 39.1 Å². The Morgan fingerprint density at radius 2 is 1.85 bits per heavy atom. The Labute approximate surface area is 216 Å². The monoisotopic (exact) mass is 566 g/mol. The summed E-state index contributed by atoms with van der Waals surface area (Å²) in [7, 11) is 6.02. The third-order valence-electron chi connectivity index (χ3n) is 5.65. The number of hydrogen-bond donors (Lipinski definition) is 1. The molecule has 1 N–H and O–H groups in total. The smallest absolute Gasteiger partial charge is 0.193 e. The van der Waals surface area contributed by atoms with E-state index in [0.717, 1.165) is 63.9 Å². The van der Waals surface area contributed by atoms with Crippen LogP contribution in [0.1, 0.15) is 24.0 Å². The van der Waals surface area contributed by atoms with Crippen LogP contribution < -0.4 is 10.1 Å². The van der Waals surface area contributed by atoms with Crippen LogP contribution in [0.15, 0.2) is 59.6 Å². The zero-order valence-electron chi connectivity index (χ0n) is 20.2. The highest BCUT2D eigenvalue weighted by molar-refractivity contribution is 14.0. The molecule has 1 unspecified atom stereocenters. The van der Waals surface area contributed by atoms with Gasteiger partial charge in [-0.1, -0.05) is 42.5 Å². The molecule has 1 saturated heterocycles. The second-order valence-electron chi connectivity index (χ2n) is 8.65. The normalized spacial score (nSPS) is 16.1. The van der Waals surface area contributed by atoms with E-state index in [0.29, 0.717) is 12.5 Å². The molecule has 1 aliphatic heterocycles. The van der Waals surface area contributed by atoms with Crippen LogP contribution in [0.5, 0.6) is 5.75 Å². The van der Waals surface area contributed by atoms with E-state index in [4.69, 9.17) is 9.47 Å². The molecule has 2 aromatic carbocycles. The number of rotatable bonds is 11. The van der Waals surface area contributed by atoms with Gasteiger partial charge in [-0.05, 0) is 50.2 Å². The number of ether oxygens (including phenoxy) is 2. The lowest BCUT2D eigenvalue weighted by Gasteiger charge is -2.22. The minimum atomic E-state index is 0. The minimum Gasteiger partial charge on any atom is -0.494 e. The molecule has 0 aromatic heterocycles. The molecule has 0 amide bonds. The van der Waals surface area contributed by atoms with Crippen molar-refractivity contribution in [1.82, 2.24) is 15.1 Å². The van der Waals surface area contributed by atoms with Crippen LogP contribution in [0.25, 0.3) is 0 Å². The molecule has 0 bridgehead atoms. The molecule has 0 spiro atoms. The Bertz CT molecular complexity index is 815. The molecule has 33 heavy (non-hydrogen) atoms. The van der Waals surface area contributed by atoms with Gasteiger partial charge in [0.2, 0.25) is 0 Å². The van der Waals surface area contributed by atoms with Gasteiger partial charge in [-0.2, -0.15) is 0 Å². The maximum Gasteiger partial charge on any atom is 0.193 e. The van der Waals surface area contributed by atoms with Crippen molar-refractivity contribution in [3.8, 4) is 5.75 Å². The molecular formula is C26H39IN4O2. The van der Waals surface area contributed by atoms with Gasteiger partial charge in [-0.3, -0.25) is 4.99 Å². The molecule has 1 fully saturated rings. The molecule has 2 aromatic rings. The summed E-state index contributed by atoms with van der Waals surface area (Å²) in [4.78, 5) is 9.00. The highest BCUT2D eigenvalue weighted by Crippen LogP contribution is 2.18. The number of nitrogens with zero attached hydrogens (tertiary/aromatic N) is 3. The third-order valence-corrected chi connectivity index (χ3v) is 5.65. The fourth-order valence-electron chi connectivity index (χ4n) is 3.87. The molecule has 1 atom stereocenters. The van der Waals surface area contributed by atoms with Crippen LogP contribution in [0.3, 0.4) is 0 Å². The second-order valence-corrected chi connectivity index (χ2v) is 8.65. The minimum absolute atomic E-state index is 0. The fourth-order valence-corrected chi connectivity index (χ4v) is 3.87. The average molecular weight is 567 g/mol. The lowest BCUT2D eigenvalue weighted by atomic mass is 10.1. The number of likely N-dealkylation sites (tertiary alicyclic amines) is 1. The molecule has 0 saturated carbocycles. The molecule has 0 radical (unpaired) electrons. The van der Waals surface area contributed by atoms with E-state index in [-0.39, 0.29) is 24.0 Å². The third kappa shape index (κ3) is 9.90. The Balaban J connectivity index is 0.00000385. The van der Waals surface area contributed by atoms with Gasteiger partial charge in [0.15, 0.2) is 5.96 Å². The first-order valence-corrected chi connectivity index (χ1v) is 11.6. The zero-order chi connectivity index (χ0) is 22.6. The van der Waals surface area contributed by atoms with E-state index in [2.05, 4.69) is 70.6 Å². The number of nitrogens with one attached hydrogen (secondary N) is 1. The number of aliphatic imine (C=N–C) groups is 1. The lowest BCUT2D eigenvalue weighted by molar-refractivity contribution is 0.0906. The Hall–Kier alpha value is -1.84. The summed E-state index contributed by atoms with van der Waals surface area (Å²) in [5.41, 5.74) is 2.44. The van der Waals surface area contributed by atoms with Crippen LogP contribution in [0, 0.1) is 5.92 Å². The van der Waals surface area contributed by atoms with Crippen molar-refractivity contribution in [2.45, 2.75) is 26.0 Å². The molecule has 1 heterocycles. The first-order valence-electron chi connectivity index (χ1n) is 11.6. The summed E-state index contributed by atoms with van der Waals surface area (Å²) >= 11 is 0. The van der Waals surface area contributed by atoms with Gasteiger partial charge in [0.05, 0.1) is 19.8 Å². The maximum atomic E-state index is 5.95. The van der Waals surface area contributed by atoms with Gasteiger partial charge < -0.3 is 24.6 Å². The van der Waals surface area contributed by atoms with Crippen LogP contribution in [-0.4, -0.2) is 69.8 Å². The summed E-state index contributed by atoms with van der Waals surface area (Å²) < 4.78 is 11.8. The van der Waals surface area contributed by atoms with Gasteiger partial charge in [0.25, 0.3) is 0 Å². The van der Waals surface area contributed by atoms with E-state index in [9.17, 15) is 0 Å². The molecule has 0 aliphatic carbocycles. The van der Waals surface area contributed by atoms with E-state index in [1.54, 1.807) is 0 Å². The molecule has 182 valence electrons. The van der Waals surface area contributed by atoms with Crippen molar-refractivity contribution in [3.05, 3.63) is 65.7 Å². The number of hydrogen-bond acceptors (Lipinski definition) is 4. The van der Waals surface area contributed by atoms with Gasteiger partial charge in [-0.15, -0.1) is 24.0 Å². The fraction of sp³-hybridized carbons (Fsp3) is 0.500. The standard InChI is InChI=1S/C26H38N4O2.HI/c1-27-26(28-18-22-10-12-25(13-11-22)32-17-7-15-29(2)3)30-16-14-24(19-30)21-31-20-23-8-5-4-6-9-23;/h4-6,8-13,24H,7,14-21H2,1-3H3,(H,27,28);1H. The highest BCUT2D eigenvalue weighted by atomic mass is 127. The van der Waals surface area contributed by atoms with Crippen molar-refractivity contribution in [3.63, 3.8) is 0 Å². The lowest BCUT2D eigenvalue weighted by Crippen LogP contribution is -2.39. The zero-order valence-corrected chi connectivity index (χ0v) is 22.5. The first kappa shape index (κ1) is 27.4. The Morgan fingerprint density at radius 1 is 1.09 bits per heavy atom. The summed E-state index contributed by atoms with van der Waals surface area (Å²) in [6.45, 7) is 6.00. The summed E-state index contributed by atoms with van der Waals surface area (Å²) in [6.07, 6.45) is 2.16. The average Bonchev–Trinajstić information content (AvgIpc) is 3.27. The Kier molecular flexibility index (Phi) is 12.6. The van der Waals surface area contributed by atoms with Gasteiger partial charge in [0.1, 0.15) is 5.75 Å². The van der Waals surface area contributed by atoms with Gasteiger partial charge >= 0.3 is 0 Å². The molecule has 3 rings (SSSR count). The second kappa shape index (κ2) is 15.1. The Morgan fingerprint density at radius 3 is 2.55 bits per heavy atom. The van der Waals surface area contributed by atoms with Gasteiger partial charge in [-0.25, -0.2) is 0 Å². The largest absolute Gasteiger partial charge is 0.494 e. The van der Waals surface area contributed by atoms with Crippen LogP contribution in [0.4, 0.5) is 0 Å². The number of guanidine groups is 1. The van der Waals surface area contributed by atoms with E-state index >= 15 is 0 Å². The quantitative estimate of drug-likeness (QED) is 0.191. The van der Waals surface area contributed by atoms with Crippen molar-refractivity contribution in [2.75, 3.05) is 54.0 Å². The summed E-state index contributed by atoms with van der Waals surface area (Å²) in [5, 5.41) is 3.50. The highest BCUT2D eigenvalue weighted by Gasteiger charge is 2.24. The van der Waals surface area contributed by atoms with Crippen LogP contribution in [0.2, 0.25) is 0 Å². The molecular weight excluding hydrogens is 527 g/mol. The number of halogens is 1. The van der Waals surface area contributed by atoms with Crippen molar-refractivity contribution in [1.29, 1.82) is 0 Å². The molecule has 1 aliphatic rings. The summed E-state index contributed by atoms with van der Waals surface area (Å²) in [6, 6.07) is 18.7. The van der Waals surface area contributed by atoms with Crippen molar-refractivity contribution < 1.29 is 9.47 Å². The molecule has 7 heteroatoms. The van der Waals surface area contributed by atoms with Crippen molar-refractivity contribution in [2.24, 2.45) is 10.9 Å². The van der Waals surface area contributed by atoms with E-state index in [1.165, 1.54) is 11.1 Å². The number of benzene rings is 2. The summed E-state index contributed by atoms with van der Waals surface area (Å²) in [5.74, 6) is 2.43. The predicted molar refractivity (Wildman–Crippen MR) is 146 cm³/mol. The SMILES string of the molecule is CN=C(NCc1ccc(OCCCN(C)C)cc1)N1CCC(COCc2ccccc2)C1.I. The first-order chi connectivity index (χ1) is 15.6. The van der Waals surface area contributed by atoms with Crippen LogP contribution in [-0.2, 0) is 17.9 Å². The van der Waals surface area contributed by atoms with Crippen molar-refractivity contribution >= 4 is 29.9 Å². The maximum absolute atomic E-state index is 5.95. The topological polar surface area (TPSA) is 49.3 Å². The van der Waals surface area contributed by atoms with E-state index in [1.807, 2.05) is 25.2 Å². The predicted octanol–water partition coefficient (Wildman–Crippen LogP) is 4.25.